The van der Waals surface area contributed by atoms with Crippen LogP contribution in [0.2, 0.25) is 0 Å². The Kier molecular flexibility index (Phi) is 5.55. The molecule has 0 radical (unpaired) electrons. The van der Waals surface area contributed by atoms with Gasteiger partial charge < -0.3 is 15.3 Å². The molecule has 2 N–H and O–H groups in total. The van der Waals surface area contributed by atoms with Crippen LogP contribution in [0.4, 0.5) is 29.1 Å². The Bertz CT molecular complexity index is 789. The maximum absolute atomic E-state index is 13.8. The van der Waals surface area contributed by atoms with Gasteiger partial charge in [-0.2, -0.15) is 13.2 Å². The highest BCUT2D eigenvalue weighted by Gasteiger charge is 2.31. The lowest BCUT2D eigenvalue weighted by Crippen LogP contribution is -2.36. The number of aromatic nitrogens is 1. The fourth-order valence-electron chi connectivity index (χ4n) is 3.25. The van der Waals surface area contributed by atoms with Crippen molar-refractivity contribution < 1.29 is 22.7 Å². The molecule has 0 saturated carbocycles. The molecule has 0 spiro atoms. The zero-order valence-electron chi connectivity index (χ0n) is 14.8. The van der Waals surface area contributed by atoms with Gasteiger partial charge in [0.25, 0.3) is 0 Å². The number of rotatable bonds is 4. The van der Waals surface area contributed by atoms with Crippen LogP contribution in [0, 0.1) is 5.82 Å². The summed E-state index contributed by atoms with van der Waals surface area (Å²) in [6.45, 7) is 3.02. The molecule has 3 rings (SSSR count). The number of hydrogen-bond donors (Lipinski definition) is 2. The summed E-state index contributed by atoms with van der Waals surface area (Å²) in [5, 5.41) is 12.6. The molecular weight excluding hydrogens is 362 g/mol. The van der Waals surface area contributed by atoms with E-state index in [2.05, 4.69) is 15.2 Å². The summed E-state index contributed by atoms with van der Waals surface area (Å²) in [5.74, 6) is -0.349. The first kappa shape index (κ1) is 19.4. The molecule has 1 unspecified atom stereocenters. The third-order valence-corrected chi connectivity index (χ3v) is 4.71. The van der Waals surface area contributed by atoms with Crippen LogP contribution in [0.5, 0.6) is 0 Å². The van der Waals surface area contributed by atoms with Crippen LogP contribution in [0.3, 0.4) is 0 Å². The smallest absolute Gasteiger partial charge is 0.393 e. The van der Waals surface area contributed by atoms with Crippen molar-refractivity contribution in [2.75, 3.05) is 23.3 Å². The van der Waals surface area contributed by atoms with Gasteiger partial charge >= 0.3 is 6.18 Å². The topological polar surface area (TPSA) is 48.4 Å². The van der Waals surface area contributed by atoms with Crippen LogP contribution in [0.25, 0.3) is 0 Å². The van der Waals surface area contributed by atoms with E-state index in [-0.39, 0.29) is 11.9 Å². The Labute approximate surface area is 154 Å². The first-order valence-corrected chi connectivity index (χ1v) is 8.76. The molecule has 4 nitrogen and oxygen atoms in total. The van der Waals surface area contributed by atoms with E-state index in [0.29, 0.717) is 31.5 Å². The molecule has 2 heterocycles. The number of benzene rings is 1. The molecule has 1 fully saturated rings. The quantitative estimate of drug-likeness (QED) is 0.770. The van der Waals surface area contributed by atoms with Gasteiger partial charge in [0, 0.05) is 30.5 Å². The molecule has 1 aromatic heterocycles. The molecule has 146 valence electrons. The minimum atomic E-state index is -4.46. The molecule has 0 aliphatic carbocycles. The Balaban J connectivity index is 1.84. The van der Waals surface area contributed by atoms with Crippen LogP contribution < -0.4 is 10.2 Å². The molecule has 1 aromatic carbocycles. The second kappa shape index (κ2) is 7.72. The summed E-state index contributed by atoms with van der Waals surface area (Å²) in [6, 6.07) is 5.79. The van der Waals surface area contributed by atoms with Gasteiger partial charge in [-0.1, -0.05) is 0 Å². The number of halogens is 4. The van der Waals surface area contributed by atoms with Crippen LogP contribution in [-0.4, -0.2) is 29.3 Å². The summed E-state index contributed by atoms with van der Waals surface area (Å²) in [6.07, 6.45) is -2.46. The first-order valence-electron chi connectivity index (χ1n) is 8.76. The Morgan fingerprint density at radius 1 is 1.19 bits per heavy atom. The SMILES string of the molecule is CC(Nc1cc(C(F)(F)F)ccn1)c1cc(F)ccc1N1CCC(O)CC1. The van der Waals surface area contributed by atoms with Gasteiger partial charge in [0.15, 0.2) is 0 Å². The number of aliphatic hydroxyl groups is 1. The predicted octanol–water partition coefficient (Wildman–Crippen LogP) is 4.37. The van der Waals surface area contributed by atoms with E-state index in [1.165, 1.54) is 12.1 Å². The molecule has 27 heavy (non-hydrogen) atoms. The van der Waals surface area contributed by atoms with E-state index in [1.54, 1.807) is 13.0 Å². The minimum Gasteiger partial charge on any atom is -0.393 e. The molecule has 0 bridgehead atoms. The first-order chi connectivity index (χ1) is 12.7. The zero-order valence-corrected chi connectivity index (χ0v) is 14.8. The summed E-state index contributed by atoms with van der Waals surface area (Å²) in [5.41, 5.74) is 0.637. The molecule has 1 aliphatic heterocycles. The molecule has 1 saturated heterocycles. The highest BCUT2D eigenvalue weighted by atomic mass is 19.4. The average Bonchev–Trinajstić information content (AvgIpc) is 2.62. The van der Waals surface area contributed by atoms with Gasteiger partial charge in [0.05, 0.1) is 17.7 Å². The normalized spacial score (nSPS) is 17.0. The largest absolute Gasteiger partial charge is 0.416 e. The summed E-state index contributed by atoms with van der Waals surface area (Å²) in [4.78, 5) is 6.00. The fourth-order valence-corrected chi connectivity index (χ4v) is 3.25. The lowest BCUT2D eigenvalue weighted by atomic mass is 10.0. The number of hydrogen-bond acceptors (Lipinski definition) is 4. The summed E-state index contributed by atoms with van der Waals surface area (Å²) >= 11 is 0. The van der Waals surface area contributed by atoms with E-state index in [0.717, 1.165) is 24.0 Å². The summed E-state index contributed by atoms with van der Waals surface area (Å²) < 4.78 is 52.5. The lowest BCUT2D eigenvalue weighted by Gasteiger charge is -2.34. The second-order valence-corrected chi connectivity index (χ2v) is 6.71. The van der Waals surface area contributed by atoms with Gasteiger partial charge in [-0.15, -0.1) is 0 Å². The van der Waals surface area contributed by atoms with E-state index in [4.69, 9.17) is 0 Å². The highest BCUT2D eigenvalue weighted by Crippen LogP contribution is 2.33. The van der Waals surface area contributed by atoms with Crippen molar-refractivity contribution in [1.29, 1.82) is 0 Å². The Hall–Kier alpha value is -2.35. The standard InChI is InChI=1S/C19H21F4N3O/c1-12(25-18-10-13(4-7-24-18)19(21,22)23)16-11-14(20)2-3-17(16)26-8-5-15(27)6-9-26/h2-4,7,10-12,15,27H,5-6,8-9H2,1H3,(H,24,25). The molecule has 8 heteroatoms. The lowest BCUT2D eigenvalue weighted by molar-refractivity contribution is -0.137. The number of anilines is 2. The van der Waals surface area contributed by atoms with Crippen LogP contribution in [0.1, 0.15) is 36.9 Å². The van der Waals surface area contributed by atoms with Crippen molar-refractivity contribution >= 4 is 11.5 Å². The van der Waals surface area contributed by atoms with Crippen molar-refractivity contribution in [3.05, 3.63) is 53.5 Å². The highest BCUT2D eigenvalue weighted by molar-refractivity contribution is 5.57. The number of nitrogens with zero attached hydrogens (tertiary/aromatic N) is 2. The van der Waals surface area contributed by atoms with Gasteiger partial charge in [-0.25, -0.2) is 9.37 Å². The van der Waals surface area contributed by atoms with Gasteiger partial charge in [-0.3, -0.25) is 0 Å². The van der Waals surface area contributed by atoms with Crippen molar-refractivity contribution in [1.82, 2.24) is 4.98 Å². The molecular formula is C19H21F4N3O. The maximum Gasteiger partial charge on any atom is 0.416 e. The molecule has 1 aliphatic rings. The zero-order chi connectivity index (χ0) is 19.6. The molecule has 0 amide bonds. The van der Waals surface area contributed by atoms with Crippen LogP contribution >= 0.6 is 0 Å². The van der Waals surface area contributed by atoms with Gasteiger partial charge in [0.2, 0.25) is 0 Å². The van der Waals surface area contributed by atoms with Gasteiger partial charge in [-0.05, 0) is 50.1 Å². The second-order valence-electron chi connectivity index (χ2n) is 6.71. The fraction of sp³-hybridized carbons (Fsp3) is 0.421. The molecule has 2 aromatic rings. The van der Waals surface area contributed by atoms with E-state index in [9.17, 15) is 22.7 Å². The Morgan fingerprint density at radius 3 is 2.56 bits per heavy atom. The minimum absolute atomic E-state index is 0.0709. The summed E-state index contributed by atoms with van der Waals surface area (Å²) in [7, 11) is 0. The number of piperidine rings is 1. The van der Waals surface area contributed by atoms with Crippen LogP contribution in [-0.2, 0) is 6.18 Å². The van der Waals surface area contributed by atoms with Crippen molar-refractivity contribution in [2.45, 2.75) is 38.1 Å². The van der Waals surface area contributed by atoms with Gasteiger partial charge in [0.1, 0.15) is 11.6 Å². The molecule has 1 atom stereocenters. The van der Waals surface area contributed by atoms with E-state index >= 15 is 0 Å². The van der Waals surface area contributed by atoms with Crippen molar-refractivity contribution in [2.24, 2.45) is 0 Å². The Morgan fingerprint density at radius 2 is 1.89 bits per heavy atom. The monoisotopic (exact) mass is 383 g/mol. The van der Waals surface area contributed by atoms with Crippen molar-refractivity contribution in [3.8, 4) is 0 Å². The predicted molar refractivity (Wildman–Crippen MR) is 95.1 cm³/mol. The van der Waals surface area contributed by atoms with Crippen molar-refractivity contribution in [3.63, 3.8) is 0 Å². The number of alkyl halides is 3. The number of nitrogens with one attached hydrogen (secondary N) is 1. The van der Waals surface area contributed by atoms with E-state index < -0.39 is 23.6 Å². The third kappa shape index (κ3) is 4.68. The maximum atomic E-state index is 13.8. The number of pyridine rings is 1. The third-order valence-electron chi connectivity index (χ3n) is 4.71. The van der Waals surface area contributed by atoms with E-state index in [1.807, 2.05) is 0 Å². The number of aliphatic hydroxyl groups excluding tert-OH is 1. The van der Waals surface area contributed by atoms with Crippen LogP contribution in [0.15, 0.2) is 36.5 Å². The average molecular weight is 383 g/mol.